The second-order valence-electron chi connectivity index (χ2n) is 2.56. The summed E-state index contributed by atoms with van der Waals surface area (Å²) in [7, 11) is 0. The molecule has 0 fully saturated rings. The van der Waals surface area contributed by atoms with Gasteiger partial charge in [-0.3, -0.25) is 9.78 Å². The largest absolute Gasteiger partial charge is 0.370 e. The van der Waals surface area contributed by atoms with E-state index in [1.54, 1.807) is 18.5 Å². The summed E-state index contributed by atoms with van der Waals surface area (Å²) in [4.78, 5) is 14.4. The molecule has 0 aliphatic heterocycles. The Morgan fingerprint density at radius 2 is 2.42 bits per heavy atom. The molecule has 0 saturated carbocycles. The smallest absolute Gasteiger partial charge is 0.219 e. The van der Waals surface area contributed by atoms with Crippen LogP contribution in [0.4, 0.5) is 0 Å². The van der Waals surface area contributed by atoms with Crippen LogP contribution in [0, 0.1) is 0 Å². The molecule has 12 heavy (non-hydrogen) atoms. The Balaban J connectivity index is 2.65. The molecule has 0 bridgehead atoms. The van der Waals surface area contributed by atoms with E-state index in [9.17, 15) is 4.79 Å². The van der Waals surface area contributed by atoms with Crippen LogP contribution >= 0.6 is 0 Å². The van der Waals surface area contributed by atoms with Gasteiger partial charge >= 0.3 is 0 Å². The monoisotopic (exact) mass is 165 g/mol. The van der Waals surface area contributed by atoms with Crippen molar-refractivity contribution in [1.29, 1.82) is 0 Å². The molecule has 4 nitrogen and oxygen atoms in total. The van der Waals surface area contributed by atoms with E-state index in [0.717, 1.165) is 5.56 Å². The number of nitrogens with zero attached hydrogens (tertiary/aromatic N) is 1. The summed E-state index contributed by atoms with van der Waals surface area (Å²) in [6.07, 6.45) is 3.44. The fourth-order valence-corrected chi connectivity index (χ4v) is 0.930. The predicted octanol–water partition coefficient (Wildman–Crippen LogP) is -0.0432. The van der Waals surface area contributed by atoms with Crippen molar-refractivity contribution in [2.75, 3.05) is 0 Å². The number of amides is 1. The van der Waals surface area contributed by atoms with E-state index in [1.165, 1.54) is 0 Å². The Kier molecular flexibility index (Phi) is 2.76. The van der Waals surface area contributed by atoms with E-state index in [4.69, 9.17) is 11.5 Å². The lowest BCUT2D eigenvalue weighted by Crippen LogP contribution is -2.20. The van der Waals surface area contributed by atoms with Crippen molar-refractivity contribution < 1.29 is 4.79 Å². The summed E-state index contributed by atoms with van der Waals surface area (Å²) in [5.74, 6) is -0.397. The molecule has 0 radical (unpaired) electrons. The molecule has 4 N–H and O–H groups in total. The number of nitrogens with two attached hydrogens (primary N) is 2. The molecule has 1 aromatic heterocycles. The van der Waals surface area contributed by atoms with Crippen molar-refractivity contribution in [3.05, 3.63) is 30.1 Å². The number of hydrogen-bond acceptors (Lipinski definition) is 3. The third-order valence-electron chi connectivity index (χ3n) is 1.53. The fourth-order valence-electron chi connectivity index (χ4n) is 0.930. The van der Waals surface area contributed by atoms with Crippen molar-refractivity contribution in [2.45, 2.75) is 12.5 Å². The summed E-state index contributed by atoms with van der Waals surface area (Å²) >= 11 is 0. The molecular weight excluding hydrogens is 154 g/mol. The third kappa shape index (κ3) is 2.32. The highest BCUT2D eigenvalue weighted by molar-refractivity contribution is 5.74. The molecule has 4 heteroatoms. The standard InChI is InChI=1S/C8H11N3O/c9-7(4-8(10)12)6-2-1-3-11-5-6/h1-3,5,7H,4,9H2,(H2,10,12)/t7-/m1/s1. The highest BCUT2D eigenvalue weighted by Crippen LogP contribution is 2.10. The molecule has 1 aromatic rings. The number of pyridine rings is 1. The maximum absolute atomic E-state index is 10.5. The van der Waals surface area contributed by atoms with Gasteiger partial charge in [0.1, 0.15) is 0 Å². The van der Waals surface area contributed by atoms with Gasteiger partial charge in [0.05, 0.1) is 0 Å². The minimum atomic E-state index is -0.397. The second-order valence-corrected chi connectivity index (χ2v) is 2.56. The van der Waals surface area contributed by atoms with Gasteiger partial charge in [0.15, 0.2) is 0 Å². The Labute approximate surface area is 70.6 Å². The van der Waals surface area contributed by atoms with Gasteiger partial charge in [0, 0.05) is 24.9 Å². The van der Waals surface area contributed by atoms with Gasteiger partial charge in [-0.25, -0.2) is 0 Å². The van der Waals surface area contributed by atoms with Gasteiger partial charge in [-0.15, -0.1) is 0 Å². The van der Waals surface area contributed by atoms with Gasteiger partial charge in [-0.2, -0.15) is 0 Å². The molecule has 0 spiro atoms. The Morgan fingerprint density at radius 3 is 2.92 bits per heavy atom. The summed E-state index contributed by atoms with van der Waals surface area (Å²) in [6.45, 7) is 0. The first-order valence-electron chi connectivity index (χ1n) is 3.64. The zero-order valence-electron chi connectivity index (χ0n) is 6.60. The summed E-state index contributed by atoms with van der Waals surface area (Å²) in [6, 6.07) is 3.26. The van der Waals surface area contributed by atoms with Gasteiger partial charge in [-0.1, -0.05) is 6.07 Å². The van der Waals surface area contributed by atoms with E-state index in [-0.39, 0.29) is 12.5 Å². The van der Waals surface area contributed by atoms with Crippen molar-refractivity contribution >= 4 is 5.91 Å². The van der Waals surface area contributed by atoms with E-state index >= 15 is 0 Å². The maximum atomic E-state index is 10.5. The molecule has 0 aromatic carbocycles. The quantitative estimate of drug-likeness (QED) is 0.659. The van der Waals surface area contributed by atoms with Gasteiger partial charge in [0.2, 0.25) is 5.91 Å². The van der Waals surface area contributed by atoms with Crippen molar-refractivity contribution in [2.24, 2.45) is 11.5 Å². The number of primary amides is 1. The first kappa shape index (κ1) is 8.67. The molecule has 0 saturated heterocycles. The third-order valence-corrected chi connectivity index (χ3v) is 1.53. The van der Waals surface area contributed by atoms with Gasteiger partial charge in [0.25, 0.3) is 0 Å². The minimum Gasteiger partial charge on any atom is -0.370 e. The molecule has 1 rings (SSSR count). The lowest BCUT2D eigenvalue weighted by molar-refractivity contribution is -0.118. The average Bonchev–Trinajstić information content (AvgIpc) is 2.05. The Hall–Kier alpha value is -1.42. The lowest BCUT2D eigenvalue weighted by Gasteiger charge is -2.07. The molecule has 1 amide bonds. The van der Waals surface area contributed by atoms with Crippen molar-refractivity contribution in [1.82, 2.24) is 4.98 Å². The van der Waals surface area contributed by atoms with Crippen molar-refractivity contribution in [3.63, 3.8) is 0 Å². The van der Waals surface area contributed by atoms with Crippen LogP contribution in [0.3, 0.4) is 0 Å². The van der Waals surface area contributed by atoms with Crippen LogP contribution < -0.4 is 11.5 Å². The Bertz CT molecular complexity index is 260. The van der Waals surface area contributed by atoms with E-state index < -0.39 is 5.91 Å². The van der Waals surface area contributed by atoms with Crippen LogP contribution in [0.15, 0.2) is 24.5 Å². The maximum Gasteiger partial charge on any atom is 0.219 e. The molecule has 0 unspecified atom stereocenters. The molecule has 1 atom stereocenters. The molecule has 1 heterocycles. The van der Waals surface area contributed by atoms with Crippen LogP contribution in [-0.4, -0.2) is 10.9 Å². The second kappa shape index (κ2) is 3.82. The first-order valence-corrected chi connectivity index (χ1v) is 3.64. The van der Waals surface area contributed by atoms with Crippen LogP contribution in [0.1, 0.15) is 18.0 Å². The summed E-state index contributed by atoms with van der Waals surface area (Å²) < 4.78 is 0. The van der Waals surface area contributed by atoms with E-state index in [2.05, 4.69) is 4.98 Å². The lowest BCUT2D eigenvalue weighted by atomic mass is 10.1. The number of hydrogen-bond donors (Lipinski definition) is 2. The van der Waals surface area contributed by atoms with E-state index in [1.807, 2.05) is 6.07 Å². The minimum absolute atomic E-state index is 0.158. The summed E-state index contributed by atoms with van der Waals surface area (Å²) in [5.41, 5.74) is 11.5. The predicted molar refractivity (Wildman–Crippen MR) is 45.0 cm³/mol. The molecule has 0 aliphatic rings. The zero-order valence-corrected chi connectivity index (χ0v) is 6.60. The van der Waals surface area contributed by atoms with Crippen LogP contribution in [-0.2, 0) is 4.79 Å². The van der Waals surface area contributed by atoms with Crippen LogP contribution in [0.2, 0.25) is 0 Å². The number of aromatic nitrogens is 1. The highest BCUT2D eigenvalue weighted by atomic mass is 16.1. The molecule has 64 valence electrons. The van der Waals surface area contributed by atoms with Gasteiger partial charge in [-0.05, 0) is 11.6 Å². The molecular formula is C8H11N3O. The van der Waals surface area contributed by atoms with Crippen molar-refractivity contribution in [3.8, 4) is 0 Å². The highest BCUT2D eigenvalue weighted by Gasteiger charge is 2.07. The fraction of sp³-hybridized carbons (Fsp3) is 0.250. The normalized spacial score (nSPS) is 12.4. The summed E-state index contributed by atoms with van der Waals surface area (Å²) in [5, 5.41) is 0. The molecule has 0 aliphatic carbocycles. The first-order chi connectivity index (χ1) is 5.70. The number of rotatable bonds is 3. The van der Waals surface area contributed by atoms with Gasteiger partial charge < -0.3 is 11.5 Å². The Morgan fingerprint density at radius 1 is 1.67 bits per heavy atom. The van der Waals surface area contributed by atoms with E-state index in [0.29, 0.717) is 0 Å². The SMILES string of the molecule is NC(=O)C[C@@H](N)c1cccnc1. The zero-order chi connectivity index (χ0) is 8.97. The average molecular weight is 165 g/mol. The van der Waals surface area contributed by atoms with Crippen LogP contribution in [0.25, 0.3) is 0 Å². The number of carbonyl (C=O) groups is 1. The number of carbonyl (C=O) groups excluding carboxylic acids is 1. The van der Waals surface area contributed by atoms with Crippen LogP contribution in [0.5, 0.6) is 0 Å². The topological polar surface area (TPSA) is 82.0 Å².